The third-order valence-electron chi connectivity index (χ3n) is 5.50. The first-order valence-electron chi connectivity index (χ1n) is 9.03. The minimum atomic E-state index is 0.368. The van der Waals surface area contributed by atoms with E-state index in [0.29, 0.717) is 18.1 Å². The fraction of sp³-hybridized carbons (Fsp3) is 0.579. The Labute approximate surface area is 153 Å². The Morgan fingerprint density at radius 2 is 2.16 bits per heavy atom. The largest absolute Gasteiger partial charge is 0.381 e. The minimum Gasteiger partial charge on any atom is -0.381 e. The Morgan fingerprint density at radius 3 is 2.88 bits per heavy atom. The van der Waals surface area contributed by atoms with Gasteiger partial charge in [0.2, 0.25) is 0 Å². The summed E-state index contributed by atoms with van der Waals surface area (Å²) in [6.07, 6.45) is 3.36. The highest BCUT2D eigenvalue weighted by Gasteiger charge is 2.44. The zero-order valence-corrected chi connectivity index (χ0v) is 15.8. The van der Waals surface area contributed by atoms with Crippen LogP contribution in [-0.2, 0) is 17.8 Å². The Kier molecular flexibility index (Phi) is 5.12. The molecule has 0 aromatic carbocycles. The number of fused-ring (bicyclic) bond motifs is 1. The summed E-state index contributed by atoms with van der Waals surface area (Å²) in [6, 6.07) is 6.73. The summed E-state index contributed by atoms with van der Waals surface area (Å²) in [7, 11) is 1.86. The molecule has 0 spiro atoms. The molecule has 6 heteroatoms. The molecule has 0 N–H and O–H groups in total. The third-order valence-corrected chi connectivity index (χ3v) is 6.32. The van der Waals surface area contributed by atoms with Crippen molar-refractivity contribution < 1.29 is 4.74 Å². The summed E-state index contributed by atoms with van der Waals surface area (Å²) in [4.78, 5) is 14.3. The summed E-state index contributed by atoms with van der Waals surface area (Å²) < 4.78 is 5.82. The number of likely N-dealkylation sites (tertiary alicyclic amines) is 2. The van der Waals surface area contributed by atoms with Crippen molar-refractivity contribution in [2.75, 3.05) is 26.7 Å². The van der Waals surface area contributed by atoms with Crippen LogP contribution < -0.4 is 0 Å². The second-order valence-corrected chi connectivity index (χ2v) is 8.20. The van der Waals surface area contributed by atoms with Crippen LogP contribution in [-0.4, -0.2) is 58.7 Å². The van der Waals surface area contributed by atoms with Gasteiger partial charge in [0.05, 0.1) is 22.5 Å². The van der Waals surface area contributed by atoms with E-state index in [1.54, 1.807) is 11.3 Å². The van der Waals surface area contributed by atoms with Gasteiger partial charge in [0.15, 0.2) is 0 Å². The van der Waals surface area contributed by atoms with Gasteiger partial charge in [0.25, 0.3) is 0 Å². The third kappa shape index (κ3) is 3.77. The van der Waals surface area contributed by atoms with E-state index in [0.717, 1.165) is 49.8 Å². The molecule has 0 saturated carbocycles. The summed E-state index contributed by atoms with van der Waals surface area (Å²) in [5, 5.41) is 3.34. The molecular formula is C19H26N4OS. The molecule has 0 aliphatic carbocycles. The average molecular weight is 359 g/mol. The number of aromatic nitrogens is 2. The number of ether oxygens (including phenoxy) is 1. The van der Waals surface area contributed by atoms with Crippen molar-refractivity contribution in [2.45, 2.75) is 38.6 Å². The first-order valence-corrected chi connectivity index (χ1v) is 9.91. The molecule has 25 heavy (non-hydrogen) atoms. The standard InChI is InChI=1S/C19H26N4OS/c1-14-21-16(13-25-14)9-22-11-17-18(12-22)23(8-6-19(17)24-2)10-15-5-3-4-7-20-15/h3-5,7,13,17-19H,6,8-12H2,1-2H3/t17-,18+,19+/m0/s1. The van der Waals surface area contributed by atoms with Gasteiger partial charge in [-0.3, -0.25) is 14.8 Å². The van der Waals surface area contributed by atoms with Gasteiger partial charge in [0, 0.05) is 63.4 Å². The Balaban J connectivity index is 1.47. The van der Waals surface area contributed by atoms with Crippen molar-refractivity contribution >= 4 is 11.3 Å². The molecule has 3 atom stereocenters. The summed E-state index contributed by atoms with van der Waals surface area (Å²) >= 11 is 1.74. The number of piperidine rings is 1. The molecule has 5 nitrogen and oxygen atoms in total. The van der Waals surface area contributed by atoms with Crippen LogP contribution in [0.25, 0.3) is 0 Å². The number of hydrogen-bond donors (Lipinski definition) is 0. The van der Waals surface area contributed by atoms with Gasteiger partial charge in [-0.05, 0) is 25.5 Å². The fourth-order valence-corrected chi connectivity index (χ4v) is 4.95. The Morgan fingerprint density at radius 1 is 1.24 bits per heavy atom. The second kappa shape index (κ2) is 7.50. The fourth-order valence-electron chi connectivity index (χ4n) is 4.35. The van der Waals surface area contributed by atoms with E-state index in [-0.39, 0.29) is 0 Å². The van der Waals surface area contributed by atoms with Crippen molar-refractivity contribution in [3.8, 4) is 0 Å². The molecule has 0 radical (unpaired) electrons. The van der Waals surface area contributed by atoms with Crippen molar-refractivity contribution in [3.05, 3.63) is 46.2 Å². The van der Waals surface area contributed by atoms with Gasteiger partial charge in [0.1, 0.15) is 0 Å². The van der Waals surface area contributed by atoms with Crippen LogP contribution in [0.15, 0.2) is 29.8 Å². The lowest BCUT2D eigenvalue weighted by atomic mass is 9.89. The second-order valence-electron chi connectivity index (χ2n) is 7.14. The topological polar surface area (TPSA) is 41.5 Å². The summed E-state index contributed by atoms with van der Waals surface area (Å²) in [6.45, 7) is 7.23. The summed E-state index contributed by atoms with van der Waals surface area (Å²) in [5.41, 5.74) is 2.36. The maximum absolute atomic E-state index is 5.82. The molecule has 2 fully saturated rings. The number of methoxy groups -OCH3 is 1. The van der Waals surface area contributed by atoms with Crippen LogP contribution in [0.5, 0.6) is 0 Å². The molecule has 2 saturated heterocycles. The molecule has 0 amide bonds. The van der Waals surface area contributed by atoms with Crippen molar-refractivity contribution in [1.29, 1.82) is 0 Å². The van der Waals surface area contributed by atoms with Crippen LogP contribution in [0.3, 0.4) is 0 Å². The molecule has 2 aliphatic heterocycles. The first-order chi connectivity index (χ1) is 12.2. The van der Waals surface area contributed by atoms with E-state index in [9.17, 15) is 0 Å². The molecule has 4 heterocycles. The molecule has 134 valence electrons. The maximum Gasteiger partial charge on any atom is 0.0897 e. The van der Waals surface area contributed by atoms with Gasteiger partial charge in [-0.25, -0.2) is 4.98 Å². The van der Waals surface area contributed by atoms with E-state index in [1.807, 2.05) is 19.4 Å². The smallest absolute Gasteiger partial charge is 0.0897 e. The number of thiazole rings is 1. The van der Waals surface area contributed by atoms with Crippen LogP contribution in [0, 0.1) is 12.8 Å². The van der Waals surface area contributed by atoms with E-state index in [4.69, 9.17) is 4.74 Å². The molecule has 2 aromatic rings. The van der Waals surface area contributed by atoms with Crippen LogP contribution in [0.1, 0.15) is 22.8 Å². The van der Waals surface area contributed by atoms with E-state index >= 15 is 0 Å². The molecule has 0 bridgehead atoms. The highest BCUT2D eigenvalue weighted by Crippen LogP contribution is 2.34. The number of pyridine rings is 1. The quantitative estimate of drug-likeness (QED) is 0.822. The number of hydrogen-bond acceptors (Lipinski definition) is 6. The zero-order chi connectivity index (χ0) is 17.2. The zero-order valence-electron chi connectivity index (χ0n) is 15.0. The number of aryl methyl sites for hydroxylation is 1. The van der Waals surface area contributed by atoms with E-state index in [2.05, 4.69) is 44.2 Å². The SMILES string of the molecule is CO[C@@H]1CCN(Cc2ccccn2)[C@@H]2CN(Cc3csc(C)n3)C[C@@H]21. The minimum absolute atomic E-state index is 0.368. The van der Waals surface area contributed by atoms with Crippen LogP contribution in [0.2, 0.25) is 0 Å². The van der Waals surface area contributed by atoms with Crippen LogP contribution in [0.4, 0.5) is 0 Å². The Hall–Kier alpha value is -1.34. The normalized spacial score (nSPS) is 27.5. The van der Waals surface area contributed by atoms with Gasteiger partial charge >= 0.3 is 0 Å². The highest BCUT2D eigenvalue weighted by atomic mass is 32.1. The van der Waals surface area contributed by atoms with Gasteiger partial charge < -0.3 is 4.74 Å². The summed E-state index contributed by atoms with van der Waals surface area (Å²) in [5.74, 6) is 0.571. The Bertz CT molecular complexity index is 692. The number of rotatable bonds is 5. The first kappa shape index (κ1) is 17.1. The lowest BCUT2D eigenvalue weighted by Crippen LogP contribution is -2.50. The molecule has 4 rings (SSSR count). The lowest BCUT2D eigenvalue weighted by molar-refractivity contribution is -0.0248. The van der Waals surface area contributed by atoms with Gasteiger partial charge in [-0.15, -0.1) is 11.3 Å². The molecule has 0 unspecified atom stereocenters. The highest BCUT2D eigenvalue weighted by molar-refractivity contribution is 7.09. The number of nitrogens with zero attached hydrogens (tertiary/aromatic N) is 4. The predicted octanol–water partition coefficient (Wildman–Crippen LogP) is 2.57. The maximum atomic E-state index is 5.82. The van der Waals surface area contributed by atoms with Gasteiger partial charge in [-0.2, -0.15) is 0 Å². The molecule has 2 aromatic heterocycles. The van der Waals surface area contributed by atoms with E-state index < -0.39 is 0 Å². The van der Waals surface area contributed by atoms with Gasteiger partial charge in [-0.1, -0.05) is 6.07 Å². The van der Waals surface area contributed by atoms with Crippen LogP contribution >= 0.6 is 11.3 Å². The van der Waals surface area contributed by atoms with Crippen molar-refractivity contribution in [2.24, 2.45) is 5.92 Å². The molecule has 2 aliphatic rings. The monoisotopic (exact) mass is 358 g/mol. The average Bonchev–Trinajstić information content (AvgIpc) is 3.23. The predicted molar refractivity (Wildman–Crippen MR) is 99.5 cm³/mol. The van der Waals surface area contributed by atoms with E-state index in [1.165, 1.54) is 5.69 Å². The van der Waals surface area contributed by atoms with Crippen molar-refractivity contribution in [1.82, 2.24) is 19.8 Å². The molecular weight excluding hydrogens is 332 g/mol. The lowest BCUT2D eigenvalue weighted by Gasteiger charge is -2.41. The van der Waals surface area contributed by atoms with Crippen molar-refractivity contribution in [3.63, 3.8) is 0 Å².